The zero-order valence-corrected chi connectivity index (χ0v) is 9.68. The Morgan fingerprint density at radius 1 is 1.56 bits per heavy atom. The summed E-state index contributed by atoms with van der Waals surface area (Å²) in [7, 11) is 1.18. The molecule has 7 heteroatoms. The number of carbonyl (C=O) groups is 2. The molecule has 0 amide bonds. The molecule has 0 fully saturated rings. The van der Waals surface area contributed by atoms with Gasteiger partial charge in [-0.25, -0.2) is 4.79 Å². The minimum absolute atomic E-state index is 0.0650. The summed E-state index contributed by atoms with van der Waals surface area (Å²) in [6.45, 7) is 0. The molecule has 0 unspecified atom stereocenters. The van der Waals surface area contributed by atoms with Crippen molar-refractivity contribution in [3.05, 3.63) is 37.8 Å². The van der Waals surface area contributed by atoms with Gasteiger partial charge in [0.2, 0.25) is 0 Å². The van der Waals surface area contributed by atoms with Gasteiger partial charge in [-0.05, 0) is 22.0 Å². The number of nitrogens with zero attached hydrogens (tertiary/aromatic N) is 1. The highest BCUT2D eigenvalue weighted by Gasteiger charge is 2.20. The second kappa shape index (κ2) is 4.84. The van der Waals surface area contributed by atoms with E-state index in [4.69, 9.17) is 0 Å². The first-order valence-electron chi connectivity index (χ1n) is 4.02. The van der Waals surface area contributed by atoms with Crippen molar-refractivity contribution in [2.45, 2.75) is 0 Å². The van der Waals surface area contributed by atoms with Crippen LogP contribution in [0.25, 0.3) is 0 Å². The number of esters is 1. The lowest BCUT2D eigenvalue weighted by Crippen LogP contribution is -2.05. The molecule has 0 aliphatic carbocycles. The van der Waals surface area contributed by atoms with Gasteiger partial charge in [0.05, 0.1) is 23.2 Å². The Balaban J connectivity index is 3.42. The summed E-state index contributed by atoms with van der Waals surface area (Å²) in [5.41, 5.74) is -0.474. The van der Waals surface area contributed by atoms with Crippen LogP contribution in [-0.4, -0.2) is 24.3 Å². The SMILES string of the molecule is COC(=O)c1cc(C=O)c([N+](=O)[O-])cc1Br. The summed E-state index contributed by atoms with van der Waals surface area (Å²) < 4.78 is 4.67. The molecule has 1 aromatic carbocycles. The fourth-order valence-corrected chi connectivity index (χ4v) is 1.59. The summed E-state index contributed by atoms with van der Waals surface area (Å²) in [4.78, 5) is 31.8. The Labute approximate surface area is 98.5 Å². The highest BCUT2D eigenvalue weighted by molar-refractivity contribution is 9.10. The molecule has 1 aromatic rings. The van der Waals surface area contributed by atoms with Gasteiger partial charge in [0.15, 0.2) is 6.29 Å². The highest BCUT2D eigenvalue weighted by Crippen LogP contribution is 2.27. The third-order valence-corrected chi connectivity index (χ3v) is 2.50. The monoisotopic (exact) mass is 287 g/mol. The molecule has 0 heterocycles. The number of nitro benzene ring substituents is 1. The topological polar surface area (TPSA) is 86.5 Å². The smallest absolute Gasteiger partial charge is 0.339 e. The Morgan fingerprint density at radius 3 is 2.62 bits per heavy atom. The van der Waals surface area contributed by atoms with Gasteiger partial charge in [0.1, 0.15) is 0 Å². The van der Waals surface area contributed by atoms with Gasteiger partial charge in [-0.1, -0.05) is 0 Å². The summed E-state index contributed by atoms with van der Waals surface area (Å²) >= 11 is 3.00. The Kier molecular flexibility index (Phi) is 3.73. The molecule has 0 bridgehead atoms. The van der Waals surface area contributed by atoms with E-state index < -0.39 is 10.9 Å². The van der Waals surface area contributed by atoms with Crippen LogP contribution in [-0.2, 0) is 4.74 Å². The number of rotatable bonds is 3. The lowest BCUT2D eigenvalue weighted by molar-refractivity contribution is -0.385. The van der Waals surface area contributed by atoms with Crippen molar-refractivity contribution in [3.8, 4) is 0 Å². The van der Waals surface area contributed by atoms with E-state index in [1.807, 2.05) is 0 Å². The molecular formula is C9H6BrNO5. The third-order valence-electron chi connectivity index (χ3n) is 1.85. The molecule has 0 spiro atoms. The quantitative estimate of drug-likeness (QED) is 0.367. The van der Waals surface area contributed by atoms with Gasteiger partial charge < -0.3 is 4.74 Å². The van der Waals surface area contributed by atoms with Gasteiger partial charge in [-0.3, -0.25) is 14.9 Å². The molecule has 0 radical (unpaired) electrons. The van der Waals surface area contributed by atoms with Crippen LogP contribution >= 0.6 is 15.9 Å². The van der Waals surface area contributed by atoms with E-state index in [0.29, 0.717) is 6.29 Å². The van der Waals surface area contributed by atoms with Crippen LogP contribution in [0.5, 0.6) is 0 Å². The fraction of sp³-hybridized carbons (Fsp3) is 0.111. The zero-order chi connectivity index (χ0) is 12.3. The van der Waals surface area contributed by atoms with Crippen molar-refractivity contribution in [2.24, 2.45) is 0 Å². The van der Waals surface area contributed by atoms with Crippen molar-refractivity contribution in [1.82, 2.24) is 0 Å². The number of hydrogen-bond donors (Lipinski definition) is 0. The van der Waals surface area contributed by atoms with Crippen molar-refractivity contribution < 1.29 is 19.2 Å². The maximum Gasteiger partial charge on any atom is 0.339 e. The number of nitro groups is 1. The molecule has 84 valence electrons. The predicted octanol–water partition coefficient (Wildman–Crippen LogP) is 1.96. The van der Waals surface area contributed by atoms with E-state index in [2.05, 4.69) is 20.7 Å². The summed E-state index contributed by atoms with van der Waals surface area (Å²) in [6.07, 6.45) is 0.316. The second-order valence-corrected chi connectivity index (χ2v) is 3.61. The number of methoxy groups -OCH3 is 1. The van der Waals surface area contributed by atoms with E-state index in [1.54, 1.807) is 0 Å². The molecule has 1 rings (SSSR count). The van der Waals surface area contributed by atoms with E-state index in [0.717, 1.165) is 12.1 Å². The van der Waals surface area contributed by atoms with Crippen LogP contribution in [0.2, 0.25) is 0 Å². The number of carbonyl (C=O) groups excluding carboxylic acids is 2. The van der Waals surface area contributed by atoms with Gasteiger partial charge in [0, 0.05) is 10.5 Å². The first-order valence-corrected chi connectivity index (χ1v) is 4.82. The van der Waals surface area contributed by atoms with Crippen molar-refractivity contribution in [2.75, 3.05) is 7.11 Å². The van der Waals surface area contributed by atoms with Gasteiger partial charge in [0.25, 0.3) is 5.69 Å². The summed E-state index contributed by atoms with van der Waals surface area (Å²) in [6, 6.07) is 2.21. The molecule has 0 aliphatic rings. The van der Waals surface area contributed by atoms with Gasteiger partial charge in [-0.2, -0.15) is 0 Å². The van der Waals surface area contributed by atoms with Crippen molar-refractivity contribution >= 4 is 33.9 Å². The number of hydrogen-bond acceptors (Lipinski definition) is 5. The summed E-state index contributed by atoms with van der Waals surface area (Å²) in [5, 5.41) is 10.6. The first kappa shape index (κ1) is 12.3. The lowest BCUT2D eigenvalue weighted by atomic mass is 10.1. The largest absolute Gasteiger partial charge is 0.465 e. The normalized spacial score (nSPS) is 9.62. The van der Waals surface area contributed by atoms with E-state index in [9.17, 15) is 19.7 Å². The van der Waals surface area contributed by atoms with Gasteiger partial charge in [-0.15, -0.1) is 0 Å². The summed E-state index contributed by atoms with van der Waals surface area (Å²) in [5.74, 6) is -0.676. The predicted molar refractivity (Wildman–Crippen MR) is 57.5 cm³/mol. The molecule has 0 aliphatic heterocycles. The van der Waals surface area contributed by atoms with E-state index >= 15 is 0 Å². The maximum atomic E-state index is 11.2. The molecule has 6 nitrogen and oxygen atoms in total. The minimum atomic E-state index is -0.699. The minimum Gasteiger partial charge on any atom is -0.465 e. The molecule has 16 heavy (non-hydrogen) atoms. The number of ether oxygens (including phenoxy) is 1. The number of aldehydes is 1. The van der Waals surface area contributed by atoms with Crippen molar-refractivity contribution in [3.63, 3.8) is 0 Å². The van der Waals surface area contributed by atoms with Crippen LogP contribution in [0.1, 0.15) is 20.7 Å². The molecular weight excluding hydrogens is 282 g/mol. The number of halogens is 1. The van der Waals surface area contributed by atoms with Crippen LogP contribution in [0.3, 0.4) is 0 Å². The fourth-order valence-electron chi connectivity index (χ4n) is 1.10. The van der Waals surface area contributed by atoms with Crippen LogP contribution in [0.4, 0.5) is 5.69 Å². The highest BCUT2D eigenvalue weighted by atomic mass is 79.9. The standard InChI is InChI=1S/C9H6BrNO5/c1-16-9(13)6-2-5(4-12)8(11(14)15)3-7(6)10/h2-4H,1H3. The first-order chi connectivity index (χ1) is 7.51. The van der Waals surface area contributed by atoms with Gasteiger partial charge >= 0.3 is 5.97 Å². The molecule has 0 aromatic heterocycles. The molecule has 0 saturated heterocycles. The third kappa shape index (κ3) is 2.25. The zero-order valence-electron chi connectivity index (χ0n) is 8.10. The Bertz CT molecular complexity index is 471. The Hall–Kier alpha value is -1.76. The van der Waals surface area contributed by atoms with Crippen molar-refractivity contribution in [1.29, 1.82) is 0 Å². The van der Waals surface area contributed by atoms with E-state index in [1.165, 1.54) is 7.11 Å². The molecule has 0 atom stereocenters. The maximum absolute atomic E-state index is 11.2. The van der Waals surface area contributed by atoms with Crippen LogP contribution < -0.4 is 0 Å². The second-order valence-electron chi connectivity index (χ2n) is 2.76. The van der Waals surface area contributed by atoms with Crippen LogP contribution in [0, 0.1) is 10.1 Å². The molecule has 0 N–H and O–H groups in total. The van der Waals surface area contributed by atoms with E-state index in [-0.39, 0.29) is 21.3 Å². The average Bonchev–Trinajstić information content (AvgIpc) is 2.27. The molecule has 0 saturated carbocycles. The number of benzene rings is 1. The lowest BCUT2D eigenvalue weighted by Gasteiger charge is -2.03. The van der Waals surface area contributed by atoms with Crippen LogP contribution in [0.15, 0.2) is 16.6 Å². The Morgan fingerprint density at radius 2 is 2.19 bits per heavy atom. The average molecular weight is 288 g/mol.